The largest absolute Gasteiger partial charge is 0.396 e. The van der Waals surface area contributed by atoms with Gasteiger partial charge in [0.1, 0.15) is 0 Å². The summed E-state index contributed by atoms with van der Waals surface area (Å²) in [5, 5.41) is 8.62. The molecule has 0 aliphatic carbocycles. The molecule has 1 rings (SSSR count). The van der Waals surface area contributed by atoms with E-state index in [2.05, 4.69) is 6.92 Å². The number of aryl methyl sites for hydroxylation is 1. The molecule has 0 amide bonds. The van der Waals surface area contributed by atoms with Gasteiger partial charge in [0.15, 0.2) is 5.78 Å². The SMILES string of the molecule is CCCc1ccc(C(=O)CCCO)cc1. The van der Waals surface area contributed by atoms with Crippen molar-refractivity contribution in [3.8, 4) is 0 Å². The van der Waals surface area contributed by atoms with E-state index in [1.54, 1.807) is 0 Å². The highest BCUT2D eigenvalue weighted by atomic mass is 16.3. The van der Waals surface area contributed by atoms with Crippen molar-refractivity contribution in [2.75, 3.05) is 6.61 Å². The van der Waals surface area contributed by atoms with Crippen LogP contribution < -0.4 is 0 Å². The lowest BCUT2D eigenvalue weighted by molar-refractivity contribution is 0.0971. The second kappa shape index (κ2) is 6.36. The summed E-state index contributed by atoms with van der Waals surface area (Å²) in [6.45, 7) is 2.22. The van der Waals surface area contributed by atoms with Crippen molar-refractivity contribution < 1.29 is 9.90 Å². The molecule has 0 bridgehead atoms. The Morgan fingerprint density at radius 1 is 1.27 bits per heavy atom. The molecule has 1 aromatic carbocycles. The second-order valence-corrected chi connectivity index (χ2v) is 3.70. The third-order valence-electron chi connectivity index (χ3n) is 2.38. The zero-order valence-electron chi connectivity index (χ0n) is 9.20. The minimum absolute atomic E-state index is 0.0830. The maximum atomic E-state index is 11.6. The molecule has 0 saturated carbocycles. The first-order chi connectivity index (χ1) is 7.27. The van der Waals surface area contributed by atoms with E-state index in [-0.39, 0.29) is 12.4 Å². The monoisotopic (exact) mass is 206 g/mol. The molecule has 1 N–H and O–H groups in total. The van der Waals surface area contributed by atoms with Crippen molar-refractivity contribution in [1.29, 1.82) is 0 Å². The molecule has 0 aromatic heterocycles. The number of hydrogen-bond acceptors (Lipinski definition) is 2. The average Bonchev–Trinajstić information content (AvgIpc) is 2.27. The van der Waals surface area contributed by atoms with E-state index in [0.717, 1.165) is 18.4 Å². The Balaban J connectivity index is 2.58. The molecule has 0 unspecified atom stereocenters. The number of benzene rings is 1. The van der Waals surface area contributed by atoms with Crippen molar-refractivity contribution in [2.45, 2.75) is 32.6 Å². The molecule has 2 heteroatoms. The number of hydrogen-bond donors (Lipinski definition) is 1. The molecule has 0 radical (unpaired) electrons. The van der Waals surface area contributed by atoms with Crippen molar-refractivity contribution in [2.24, 2.45) is 0 Å². The molecular weight excluding hydrogens is 188 g/mol. The van der Waals surface area contributed by atoms with Gasteiger partial charge < -0.3 is 5.11 Å². The summed E-state index contributed by atoms with van der Waals surface area (Å²) in [5.41, 5.74) is 2.03. The molecule has 1 aromatic rings. The van der Waals surface area contributed by atoms with E-state index in [9.17, 15) is 4.79 Å². The Morgan fingerprint density at radius 3 is 2.47 bits per heavy atom. The maximum absolute atomic E-state index is 11.6. The minimum Gasteiger partial charge on any atom is -0.396 e. The number of aliphatic hydroxyl groups is 1. The molecule has 0 atom stereocenters. The number of Topliss-reactive ketones (excluding diaryl/α,β-unsaturated/α-hetero) is 1. The minimum atomic E-state index is 0.0830. The van der Waals surface area contributed by atoms with E-state index >= 15 is 0 Å². The summed E-state index contributed by atoms with van der Waals surface area (Å²) >= 11 is 0. The van der Waals surface area contributed by atoms with Crippen LogP contribution in [0.1, 0.15) is 42.1 Å². The van der Waals surface area contributed by atoms with Gasteiger partial charge in [-0.1, -0.05) is 37.6 Å². The lowest BCUT2D eigenvalue weighted by atomic mass is 10.0. The fourth-order valence-electron chi connectivity index (χ4n) is 1.53. The topological polar surface area (TPSA) is 37.3 Å². The molecule has 0 spiro atoms. The van der Waals surface area contributed by atoms with Crippen LogP contribution in [0.3, 0.4) is 0 Å². The molecule has 82 valence electrons. The number of ketones is 1. The van der Waals surface area contributed by atoms with Gasteiger partial charge in [-0.15, -0.1) is 0 Å². The molecule has 0 aliphatic rings. The van der Waals surface area contributed by atoms with Crippen LogP contribution in [0.4, 0.5) is 0 Å². The third kappa shape index (κ3) is 3.84. The molecule has 0 saturated heterocycles. The van der Waals surface area contributed by atoms with E-state index < -0.39 is 0 Å². The van der Waals surface area contributed by atoms with E-state index in [1.807, 2.05) is 24.3 Å². The lowest BCUT2D eigenvalue weighted by Crippen LogP contribution is -2.00. The van der Waals surface area contributed by atoms with E-state index in [0.29, 0.717) is 12.8 Å². The van der Waals surface area contributed by atoms with Gasteiger partial charge in [0.2, 0.25) is 0 Å². The van der Waals surface area contributed by atoms with Crippen molar-refractivity contribution in [3.63, 3.8) is 0 Å². The highest BCUT2D eigenvalue weighted by molar-refractivity contribution is 5.96. The Kier molecular flexibility index (Phi) is 5.05. The van der Waals surface area contributed by atoms with Crippen molar-refractivity contribution in [1.82, 2.24) is 0 Å². The van der Waals surface area contributed by atoms with Gasteiger partial charge in [-0.2, -0.15) is 0 Å². The van der Waals surface area contributed by atoms with Crippen LogP contribution in [0.25, 0.3) is 0 Å². The quantitative estimate of drug-likeness (QED) is 0.726. The highest BCUT2D eigenvalue weighted by Crippen LogP contribution is 2.09. The number of aliphatic hydroxyl groups excluding tert-OH is 1. The predicted octanol–water partition coefficient (Wildman–Crippen LogP) is 2.59. The van der Waals surface area contributed by atoms with Crippen LogP contribution in [-0.2, 0) is 6.42 Å². The number of carbonyl (C=O) groups excluding carboxylic acids is 1. The smallest absolute Gasteiger partial charge is 0.162 e. The van der Waals surface area contributed by atoms with Gasteiger partial charge in [-0.3, -0.25) is 4.79 Å². The lowest BCUT2D eigenvalue weighted by Gasteiger charge is -2.02. The van der Waals surface area contributed by atoms with Gasteiger partial charge >= 0.3 is 0 Å². The van der Waals surface area contributed by atoms with Gasteiger partial charge in [-0.25, -0.2) is 0 Å². The van der Waals surface area contributed by atoms with Crippen molar-refractivity contribution >= 4 is 5.78 Å². The molecule has 0 fully saturated rings. The average molecular weight is 206 g/mol. The standard InChI is InChI=1S/C13H18O2/c1-2-4-11-6-8-12(9-7-11)13(15)5-3-10-14/h6-9,14H,2-5,10H2,1H3. The summed E-state index contributed by atoms with van der Waals surface area (Å²) in [7, 11) is 0. The summed E-state index contributed by atoms with van der Waals surface area (Å²) in [6.07, 6.45) is 3.17. The second-order valence-electron chi connectivity index (χ2n) is 3.70. The summed E-state index contributed by atoms with van der Waals surface area (Å²) in [6, 6.07) is 7.78. The zero-order valence-corrected chi connectivity index (χ0v) is 9.20. The summed E-state index contributed by atoms with van der Waals surface area (Å²) in [4.78, 5) is 11.6. The first-order valence-electron chi connectivity index (χ1n) is 5.51. The maximum Gasteiger partial charge on any atom is 0.162 e. The zero-order chi connectivity index (χ0) is 11.1. The number of rotatable bonds is 6. The van der Waals surface area contributed by atoms with Gasteiger partial charge in [-0.05, 0) is 18.4 Å². The molecular formula is C13H18O2. The Hall–Kier alpha value is -1.15. The molecule has 15 heavy (non-hydrogen) atoms. The van der Waals surface area contributed by atoms with E-state index in [1.165, 1.54) is 5.56 Å². The van der Waals surface area contributed by atoms with Crippen LogP contribution >= 0.6 is 0 Å². The molecule has 0 aliphatic heterocycles. The van der Waals surface area contributed by atoms with Gasteiger partial charge in [0.25, 0.3) is 0 Å². The fourth-order valence-corrected chi connectivity index (χ4v) is 1.53. The summed E-state index contributed by atoms with van der Waals surface area (Å²) in [5.74, 6) is 0.118. The van der Waals surface area contributed by atoms with Crippen LogP contribution in [0.5, 0.6) is 0 Å². The van der Waals surface area contributed by atoms with Crippen LogP contribution in [0.2, 0.25) is 0 Å². The summed E-state index contributed by atoms with van der Waals surface area (Å²) < 4.78 is 0. The first kappa shape index (κ1) is 11.9. The highest BCUT2D eigenvalue weighted by Gasteiger charge is 2.04. The van der Waals surface area contributed by atoms with Crippen molar-refractivity contribution in [3.05, 3.63) is 35.4 Å². The normalized spacial score (nSPS) is 10.3. The van der Waals surface area contributed by atoms with Gasteiger partial charge in [0, 0.05) is 18.6 Å². The number of carbonyl (C=O) groups is 1. The molecule has 0 heterocycles. The molecule has 2 nitrogen and oxygen atoms in total. The Morgan fingerprint density at radius 2 is 1.93 bits per heavy atom. The fraction of sp³-hybridized carbons (Fsp3) is 0.462. The van der Waals surface area contributed by atoms with E-state index in [4.69, 9.17) is 5.11 Å². The third-order valence-corrected chi connectivity index (χ3v) is 2.38. The van der Waals surface area contributed by atoms with Crippen LogP contribution in [0.15, 0.2) is 24.3 Å². The Bertz CT molecular complexity index is 301. The van der Waals surface area contributed by atoms with Crippen LogP contribution in [0, 0.1) is 0 Å². The van der Waals surface area contributed by atoms with Crippen LogP contribution in [-0.4, -0.2) is 17.5 Å². The predicted molar refractivity (Wildman–Crippen MR) is 61.1 cm³/mol. The first-order valence-corrected chi connectivity index (χ1v) is 5.51. The van der Waals surface area contributed by atoms with Gasteiger partial charge in [0.05, 0.1) is 0 Å². The Labute approximate surface area is 90.9 Å².